The van der Waals surface area contributed by atoms with E-state index >= 15 is 0 Å². The van der Waals surface area contributed by atoms with Crippen molar-refractivity contribution in [3.05, 3.63) is 34.9 Å². The minimum absolute atomic E-state index is 0.539. The standard InChI is InChI=1S/C19H26/c1-13-4-5-17(6-14(13)2)19-10-15-7-16(11-19)9-18(3,8-15)12-19/h4-6,15-16H,7-12H2,1-3H3/t15-,16-,18?,19?/m0/s1. The second kappa shape index (κ2) is 3.65. The molecule has 0 aliphatic heterocycles. The molecular formula is C19H26. The third-order valence-corrected chi connectivity index (χ3v) is 6.47. The Morgan fingerprint density at radius 1 is 0.947 bits per heavy atom. The Balaban J connectivity index is 1.79. The topological polar surface area (TPSA) is 0 Å². The maximum atomic E-state index is 2.57. The number of benzene rings is 1. The van der Waals surface area contributed by atoms with Gasteiger partial charge in [0.05, 0.1) is 0 Å². The lowest BCUT2D eigenvalue weighted by atomic mass is 9.43. The third-order valence-electron chi connectivity index (χ3n) is 6.47. The average Bonchev–Trinajstić information content (AvgIpc) is 2.29. The summed E-state index contributed by atoms with van der Waals surface area (Å²) < 4.78 is 0. The molecule has 0 unspecified atom stereocenters. The van der Waals surface area contributed by atoms with E-state index in [2.05, 4.69) is 39.0 Å². The molecule has 0 spiro atoms. The van der Waals surface area contributed by atoms with Gasteiger partial charge in [-0.25, -0.2) is 0 Å². The lowest BCUT2D eigenvalue weighted by Crippen LogP contribution is -2.52. The molecule has 0 aromatic heterocycles. The van der Waals surface area contributed by atoms with Crippen LogP contribution in [0.5, 0.6) is 0 Å². The highest BCUT2D eigenvalue weighted by molar-refractivity contribution is 5.37. The molecule has 0 heterocycles. The molecule has 4 fully saturated rings. The van der Waals surface area contributed by atoms with Gasteiger partial charge in [0.2, 0.25) is 0 Å². The van der Waals surface area contributed by atoms with Crippen LogP contribution in [0.2, 0.25) is 0 Å². The Hall–Kier alpha value is -0.780. The highest BCUT2D eigenvalue weighted by atomic mass is 14.6. The summed E-state index contributed by atoms with van der Waals surface area (Å²) in [6, 6.07) is 7.30. The van der Waals surface area contributed by atoms with E-state index in [0.29, 0.717) is 10.8 Å². The zero-order valence-electron chi connectivity index (χ0n) is 12.6. The minimum Gasteiger partial charge on any atom is -0.0596 e. The van der Waals surface area contributed by atoms with E-state index in [1.54, 1.807) is 5.56 Å². The zero-order chi connectivity index (χ0) is 13.3. The first-order valence-corrected chi connectivity index (χ1v) is 8.06. The predicted molar refractivity (Wildman–Crippen MR) is 80.4 cm³/mol. The van der Waals surface area contributed by atoms with Crippen LogP contribution in [0, 0.1) is 31.1 Å². The van der Waals surface area contributed by atoms with Crippen LogP contribution >= 0.6 is 0 Å². The van der Waals surface area contributed by atoms with Crippen molar-refractivity contribution in [2.24, 2.45) is 17.3 Å². The molecule has 0 nitrogen and oxygen atoms in total. The summed E-state index contributed by atoms with van der Waals surface area (Å²) in [6.45, 7) is 7.08. The molecule has 0 amide bonds. The molecule has 4 saturated carbocycles. The van der Waals surface area contributed by atoms with E-state index in [1.807, 2.05) is 0 Å². The second-order valence-corrected chi connectivity index (χ2v) is 8.35. The van der Waals surface area contributed by atoms with Gasteiger partial charge in [0.1, 0.15) is 0 Å². The molecule has 1 aromatic rings. The van der Waals surface area contributed by atoms with Gasteiger partial charge in [0.25, 0.3) is 0 Å². The van der Waals surface area contributed by atoms with Crippen molar-refractivity contribution in [2.45, 2.75) is 64.7 Å². The molecule has 4 bridgehead atoms. The number of hydrogen-bond acceptors (Lipinski definition) is 0. The zero-order valence-corrected chi connectivity index (χ0v) is 12.6. The lowest BCUT2D eigenvalue weighted by Gasteiger charge is -2.61. The van der Waals surface area contributed by atoms with Gasteiger partial charge in [0.15, 0.2) is 0 Å². The van der Waals surface area contributed by atoms with Crippen molar-refractivity contribution in [1.82, 2.24) is 0 Å². The Morgan fingerprint density at radius 2 is 1.63 bits per heavy atom. The molecule has 19 heavy (non-hydrogen) atoms. The van der Waals surface area contributed by atoms with Crippen LogP contribution in [0.4, 0.5) is 0 Å². The van der Waals surface area contributed by atoms with Crippen LogP contribution in [-0.2, 0) is 5.41 Å². The molecule has 4 aliphatic rings. The van der Waals surface area contributed by atoms with Gasteiger partial charge in [-0.1, -0.05) is 25.1 Å². The maximum absolute atomic E-state index is 2.57. The second-order valence-electron chi connectivity index (χ2n) is 8.35. The van der Waals surface area contributed by atoms with Crippen LogP contribution in [0.25, 0.3) is 0 Å². The van der Waals surface area contributed by atoms with Crippen LogP contribution in [0.3, 0.4) is 0 Å². The van der Waals surface area contributed by atoms with Crippen LogP contribution in [0.1, 0.15) is 62.1 Å². The van der Waals surface area contributed by atoms with E-state index in [4.69, 9.17) is 0 Å². The summed E-state index contributed by atoms with van der Waals surface area (Å²) in [5.74, 6) is 2.04. The van der Waals surface area contributed by atoms with Crippen molar-refractivity contribution in [3.8, 4) is 0 Å². The lowest BCUT2D eigenvalue weighted by molar-refractivity contribution is -0.0616. The van der Waals surface area contributed by atoms with Gasteiger partial charge in [-0.2, -0.15) is 0 Å². The molecule has 2 atom stereocenters. The van der Waals surface area contributed by atoms with Gasteiger partial charge in [-0.05, 0) is 91.7 Å². The normalized spacial score (nSPS) is 43.7. The summed E-state index contributed by atoms with van der Waals surface area (Å²) in [5.41, 5.74) is 5.79. The molecule has 0 N–H and O–H groups in total. The fourth-order valence-electron chi connectivity index (χ4n) is 6.13. The van der Waals surface area contributed by atoms with Crippen LogP contribution < -0.4 is 0 Å². The number of aryl methyl sites for hydroxylation is 2. The molecule has 0 saturated heterocycles. The van der Waals surface area contributed by atoms with Crippen molar-refractivity contribution in [2.75, 3.05) is 0 Å². The first-order chi connectivity index (χ1) is 8.98. The molecule has 1 aromatic carbocycles. The molecule has 0 heteroatoms. The van der Waals surface area contributed by atoms with Gasteiger partial charge in [-0.3, -0.25) is 0 Å². The molecular weight excluding hydrogens is 228 g/mol. The van der Waals surface area contributed by atoms with Gasteiger partial charge >= 0.3 is 0 Å². The summed E-state index contributed by atoms with van der Waals surface area (Å²) in [4.78, 5) is 0. The van der Waals surface area contributed by atoms with Crippen LogP contribution in [0.15, 0.2) is 18.2 Å². The van der Waals surface area contributed by atoms with E-state index in [-0.39, 0.29) is 0 Å². The van der Waals surface area contributed by atoms with E-state index in [1.165, 1.54) is 49.7 Å². The SMILES string of the molecule is Cc1ccc(C23C[C@H]4C[C@@H](CC(C)(C4)C2)C3)cc1C. The average molecular weight is 254 g/mol. The highest BCUT2D eigenvalue weighted by Gasteiger charge is 2.56. The van der Waals surface area contributed by atoms with Gasteiger partial charge < -0.3 is 0 Å². The summed E-state index contributed by atoms with van der Waals surface area (Å²) in [7, 11) is 0. The smallest absolute Gasteiger partial charge is 0.00364 e. The fraction of sp³-hybridized carbons (Fsp3) is 0.684. The van der Waals surface area contributed by atoms with Gasteiger partial charge in [0, 0.05) is 0 Å². The minimum atomic E-state index is 0.539. The summed E-state index contributed by atoms with van der Waals surface area (Å²) in [5, 5.41) is 0. The Kier molecular flexibility index (Phi) is 2.31. The molecule has 4 aliphatic carbocycles. The Bertz CT molecular complexity index is 511. The monoisotopic (exact) mass is 254 g/mol. The largest absolute Gasteiger partial charge is 0.0596 e. The quantitative estimate of drug-likeness (QED) is 0.649. The van der Waals surface area contributed by atoms with Crippen molar-refractivity contribution >= 4 is 0 Å². The molecule has 102 valence electrons. The first-order valence-electron chi connectivity index (χ1n) is 8.06. The van der Waals surface area contributed by atoms with E-state index < -0.39 is 0 Å². The maximum Gasteiger partial charge on any atom is -0.00364 e. The van der Waals surface area contributed by atoms with Crippen molar-refractivity contribution in [1.29, 1.82) is 0 Å². The van der Waals surface area contributed by atoms with E-state index in [9.17, 15) is 0 Å². The highest BCUT2D eigenvalue weighted by Crippen LogP contribution is 2.65. The number of hydrogen-bond donors (Lipinski definition) is 0. The van der Waals surface area contributed by atoms with Gasteiger partial charge in [-0.15, -0.1) is 0 Å². The molecule has 0 radical (unpaired) electrons. The van der Waals surface area contributed by atoms with Crippen molar-refractivity contribution in [3.63, 3.8) is 0 Å². The fourth-order valence-corrected chi connectivity index (χ4v) is 6.13. The van der Waals surface area contributed by atoms with E-state index in [0.717, 1.165) is 11.8 Å². The Morgan fingerprint density at radius 3 is 2.21 bits per heavy atom. The third kappa shape index (κ3) is 1.72. The summed E-state index contributed by atoms with van der Waals surface area (Å²) in [6.07, 6.45) is 8.95. The summed E-state index contributed by atoms with van der Waals surface area (Å²) >= 11 is 0. The first kappa shape index (κ1) is 12.0. The molecule has 5 rings (SSSR count). The Labute approximate surface area is 117 Å². The number of rotatable bonds is 1. The predicted octanol–water partition coefficient (Wildman–Crippen LogP) is 5.16. The van der Waals surface area contributed by atoms with Crippen molar-refractivity contribution < 1.29 is 0 Å². The van der Waals surface area contributed by atoms with Crippen LogP contribution in [-0.4, -0.2) is 0 Å².